The van der Waals surface area contributed by atoms with E-state index in [4.69, 9.17) is 0 Å². The highest BCUT2D eigenvalue weighted by Crippen LogP contribution is 2.39. The number of amides is 1. The number of alkyl halides is 8. The van der Waals surface area contributed by atoms with Crippen LogP contribution in [0.1, 0.15) is 83.1 Å². The van der Waals surface area contributed by atoms with Crippen molar-refractivity contribution in [1.29, 1.82) is 0 Å². The summed E-state index contributed by atoms with van der Waals surface area (Å²) in [5.41, 5.74) is -0.790. The third-order valence-corrected chi connectivity index (χ3v) is 7.33. The van der Waals surface area contributed by atoms with Crippen LogP contribution in [0.4, 0.5) is 46.5 Å². The molecule has 1 amide bonds. The average Bonchev–Trinajstić information content (AvgIpc) is 2.82. The molecular formula is C26H38F8N2OS. The minimum atomic E-state index is -5.47. The molecule has 220 valence electrons. The maximum atomic E-state index is 13.2. The van der Waals surface area contributed by atoms with Crippen molar-refractivity contribution in [1.82, 2.24) is 0 Å². The lowest BCUT2D eigenvalue weighted by molar-refractivity contribution is -0.284. The second kappa shape index (κ2) is 16.4. The topological polar surface area (TPSA) is 41.1 Å². The molecule has 0 bridgehead atoms. The fourth-order valence-electron chi connectivity index (χ4n) is 3.83. The predicted molar refractivity (Wildman–Crippen MR) is 138 cm³/mol. The summed E-state index contributed by atoms with van der Waals surface area (Å²) >= 11 is 1.40. The van der Waals surface area contributed by atoms with E-state index in [1.165, 1.54) is 30.9 Å². The first-order chi connectivity index (χ1) is 17.7. The number of benzene rings is 1. The van der Waals surface area contributed by atoms with Crippen molar-refractivity contribution in [2.75, 3.05) is 29.2 Å². The van der Waals surface area contributed by atoms with Crippen LogP contribution < -0.4 is 10.6 Å². The number of carbonyl (C=O) groups excluding carboxylic acids is 1. The maximum absolute atomic E-state index is 13.2. The fraction of sp³-hybridized carbons (Fsp3) is 0.731. The molecular weight excluding hydrogens is 540 g/mol. The van der Waals surface area contributed by atoms with Crippen molar-refractivity contribution in [3.63, 3.8) is 0 Å². The molecule has 0 saturated carbocycles. The van der Waals surface area contributed by atoms with Crippen molar-refractivity contribution in [2.24, 2.45) is 5.92 Å². The molecule has 3 nitrogen and oxygen atoms in total. The van der Waals surface area contributed by atoms with Gasteiger partial charge in [-0.05, 0) is 49.0 Å². The van der Waals surface area contributed by atoms with Gasteiger partial charge in [0.1, 0.15) is 0 Å². The summed E-state index contributed by atoms with van der Waals surface area (Å²) in [7, 11) is 1.40. The van der Waals surface area contributed by atoms with E-state index >= 15 is 0 Å². The van der Waals surface area contributed by atoms with Crippen molar-refractivity contribution in [2.45, 2.75) is 95.8 Å². The Hall–Kier alpha value is -1.72. The number of nitrogens with one attached hydrogen (secondary N) is 2. The molecule has 0 aliphatic rings. The summed E-state index contributed by atoms with van der Waals surface area (Å²) in [5.74, 6) is -4.22. The Labute approximate surface area is 223 Å². The summed E-state index contributed by atoms with van der Waals surface area (Å²) in [6, 6.07) is 3.65. The highest BCUT2D eigenvalue weighted by molar-refractivity contribution is 7.99. The number of thioether (sulfide) groups is 1. The number of unbranched alkanes of at least 4 members (excludes halogenated alkanes) is 7. The molecule has 0 radical (unpaired) electrons. The Morgan fingerprint density at radius 3 is 1.95 bits per heavy atom. The SMILES string of the molecule is CNc1ccc(NC(=O)C(C)CCCCCCCCCCSCCCC(F)(F)C(F)(F)F)cc1C(F)(F)F. The Morgan fingerprint density at radius 2 is 1.39 bits per heavy atom. The Kier molecular flexibility index (Phi) is 14.8. The molecule has 0 aliphatic carbocycles. The largest absolute Gasteiger partial charge is 0.453 e. The van der Waals surface area contributed by atoms with E-state index in [1.807, 2.05) is 0 Å². The third-order valence-electron chi connectivity index (χ3n) is 6.18. The summed E-state index contributed by atoms with van der Waals surface area (Å²) in [4.78, 5) is 12.4. The van der Waals surface area contributed by atoms with Gasteiger partial charge in [0.05, 0.1) is 5.56 Å². The molecule has 1 rings (SSSR count). The molecule has 2 N–H and O–H groups in total. The molecule has 0 aromatic heterocycles. The molecule has 1 atom stereocenters. The Morgan fingerprint density at radius 1 is 0.842 bits per heavy atom. The molecule has 1 aromatic carbocycles. The molecule has 0 fully saturated rings. The van der Waals surface area contributed by atoms with Gasteiger partial charge in [-0.2, -0.15) is 46.9 Å². The maximum Gasteiger partial charge on any atom is 0.453 e. The van der Waals surface area contributed by atoms with Gasteiger partial charge in [-0.1, -0.05) is 51.9 Å². The summed E-state index contributed by atoms with van der Waals surface area (Å²) in [6.07, 6.45) is -2.92. The molecule has 0 spiro atoms. The van der Waals surface area contributed by atoms with Crippen LogP contribution >= 0.6 is 11.8 Å². The zero-order chi connectivity index (χ0) is 28.8. The van der Waals surface area contributed by atoms with E-state index in [0.29, 0.717) is 12.2 Å². The Bertz CT molecular complexity index is 830. The van der Waals surface area contributed by atoms with Crippen LogP contribution in [0.3, 0.4) is 0 Å². The first-order valence-electron chi connectivity index (χ1n) is 12.9. The van der Waals surface area contributed by atoms with Gasteiger partial charge >= 0.3 is 18.3 Å². The monoisotopic (exact) mass is 578 g/mol. The second-order valence-electron chi connectivity index (χ2n) is 9.43. The minimum Gasteiger partial charge on any atom is -0.388 e. The van der Waals surface area contributed by atoms with Crippen LogP contribution in [0.15, 0.2) is 18.2 Å². The lowest BCUT2D eigenvalue weighted by atomic mass is 10.0. The lowest BCUT2D eigenvalue weighted by Gasteiger charge is -2.19. The molecule has 1 unspecified atom stereocenters. The van der Waals surface area contributed by atoms with Gasteiger partial charge < -0.3 is 10.6 Å². The molecule has 0 saturated heterocycles. The van der Waals surface area contributed by atoms with E-state index in [-0.39, 0.29) is 29.6 Å². The lowest BCUT2D eigenvalue weighted by Crippen LogP contribution is -2.36. The number of rotatable bonds is 18. The third kappa shape index (κ3) is 12.9. The summed E-state index contributed by atoms with van der Waals surface area (Å²) < 4.78 is 101. The fourth-order valence-corrected chi connectivity index (χ4v) is 4.79. The number of hydrogen-bond donors (Lipinski definition) is 2. The van der Waals surface area contributed by atoms with Gasteiger partial charge in [-0.3, -0.25) is 4.79 Å². The van der Waals surface area contributed by atoms with E-state index in [1.54, 1.807) is 6.92 Å². The van der Waals surface area contributed by atoms with Gasteiger partial charge in [0.15, 0.2) is 0 Å². The first kappa shape index (κ1) is 34.3. The predicted octanol–water partition coefficient (Wildman–Crippen LogP) is 9.54. The Balaban J connectivity index is 2.08. The quantitative estimate of drug-likeness (QED) is 0.135. The van der Waals surface area contributed by atoms with Crippen molar-refractivity contribution in [3.8, 4) is 0 Å². The highest BCUT2D eigenvalue weighted by atomic mass is 32.2. The summed E-state index contributed by atoms with van der Waals surface area (Å²) in [6.45, 7) is 1.75. The van der Waals surface area contributed by atoms with Crippen molar-refractivity contribution >= 4 is 29.0 Å². The van der Waals surface area contributed by atoms with Crippen LogP contribution in [0.25, 0.3) is 0 Å². The standard InChI is InChI=1S/C26H38F8N2OS/c1-19(23(37)36-20-13-14-22(35-2)21(18-20)25(29,30)31)12-9-7-5-3-4-6-8-10-16-38-17-11-15-24(27,28)26(32,33)34/h13-14,18-19,35H,3-12,15-17H2,1-2H3,(H,36,37). The number of carbonyl (C=O) groups is 1. The van der Waals surface area contributed by atoms with Crippen LogP contribution in [0.2, 0.25) is 0 Å². The van der Waals surface area contributed by atoms with Crippen LogP contribution in [0, 0.1) is 5.92 Å². The van der Waals surface area contributed by atoms with E-state index in [9.17, 15) is 39.9 Å². The van der Waals surface area contributed by atoms with Gasteiger partial charge in [-0.15, -0.1) is 0 Å². The number of hydrogen-bond acceptors (Lipinski definition) is 3. The molecule has 0 heterocycles. The van der Waals surface area contributed by atoms with Gasteiger partial charge in [0, 0.05) is 30.8 Å². The van der Waals surface area contributed by atoms with Gasteiger partial charge in [0.25, 0.3) is 0 Å². The van der Waals surface area contributed by atoms with E-state index in [2.05, 4.69) is 10.6 Å². The van der Waals surface area contributed by atoms with Gasteiger partial charge in [0.2, 0.25) is 5.91 Å². The minimum absolute atomic E-state index is 0.0598. The molecule has 0 aliphatic heterocycles. The zero-order valence-electron chi connectivity index (χ0n) is 21.8. The molecule has 38 heavy (non-hydrogen) atoms. The average molecular weight is 579 g/mol. The van der Waals surface area contributed by atoms with E-state index < -0.39 is 30.3 Å². The second-order valence-corrected chi connectivity index (χ2v) is 10.7. The number of anilines is 2. The van der Waals surface area contributed by atoms with Crippen LogP contribution in [-0.4, -0.2) is 36.6 Å². The van der Waals surface area contributed by atoms with Crippen LogP contribution in [-0.2, 0) is 11.0 Å². The van der Waals surface area contributed by atoms with E-state index in [0.717, 1.165) is 63.2 Å². The zero-order valence-corrected chi connectivity index (χ0v) is 22.7. The van der Waals surface area contributed by atoms with Gasteiger partial charge in [-0.25, -0.2) is 0 Å². The van der Waals surface area contributed by atoms with Crippen molar-refractivity contribution < 1.29 is 39.9 Å². The first-order valence-corrected chi connectivity index (χ1v) is 14.1. The number of halogens is 8. The van der Waals surface area contributed by atoms with Crippen LogP contribution in [0.5, 0.6) is 0 Å². The normalized spacial score (nSPS) is 13.4. The highest BCUT2D eigenvalue weighted by Gasteiger charge is 2.56. The smallest absolute Gasteiger partial charge is 0.388 e. The van der Waals surface area contributed by atoms with Crippen molar-refractivity contribution in [3.05, 3.63) is 23.8 Å². The molecule has 1 aromatic rings. The summed E-state index contributed by atoms with van der Waals surface area (Å²) in [5, 5.41) is 5.07. The molecule has 12 heteroatoms.